The van der Waals surface area contributed by atoms with Crippen LogP contribution in [0.2, 0.25) is 0 Å². The highest BCUT2D eigenvalue weighted by Gasteiger charge is 2.31. The molecule has 0 fully saturated rings. The fraction of sp³-hybridized carbons (Fsp3) is 0.385. The van der Waals surface area contributed by atoms with Gasteiger partial charge in [-0.1, -0.05) is 20.3 Å². The number of benzene rings is 1. The number of aliphatic carboxylic acids is 1. The van der Waals surface area contributed by atoms with E-state index in [1.165, 1.54) is 0 Å². The molecule has 0 aliphatic carbocycles. The highest BCUT2D eigenvalue weighted by Crippen LogP contribution is 2.28. The lowest BCUT2D eigenvalue weighted by molar-refractivity contribution is -0.142. The van der Waals surface area contributed by atoms with Crippen molar-refractivity contribution in [1.82, 2.24) is 20.2 Å². The third kappa shape index (κ3) is 2.66. The zero-order valence-electron chi connectivity index (χ0n) is 11.8. The molecule has 1 aromatic carbocycles. The summed E-state index contributed by atoms with van der Waals surface area (Å²) in [6.07, 6.45) is 0.510. The topological polar surface area (TPSA) is 80.9 Å². The van der Waals surface area contributed by atoms with Gasteiger partial charge in [0.1, 0.15) is 0 Å². The van der Waals surface area contributed by atoms with Gasteiger partial charge < -0.3 is 5.11 Å². The van der Waals surface area contributed by atoms with Gasteiger partial charge in [-0.05, 0) is 28.5 Å². The van der Waals surface area contributed by atoms with Crippen molar-refractivity contribution in [2.45, 2.75) is 26.3 Å². The molecule has 2 aromatic rings. The van der Waals surface area contributed by atoms with E-state index in [9.17, 15) is 23.1 Å². The molecule has 0 saturated heterocycles. The van der Waals surface area contributed by atoms with Gasteiger partial charge in [0.25, 0.3) is 0 Å². The number of carboxylic acids is 1. The number of hydrogen-bond acceptors (Lipinski definition) is 4. The predicted molar refractivity (Wildman–Crippen MR) is 69.3 cm³/mol. The van der Waals surface area contributed by atoms with Gasteiger partial charge in [-0.3, -0.25) is 0 Å². The molecule has 0 spiro atoms. The zero-order valence-corrected chi connectivity index (χ0v) is 11.8. The number of carboxylic acid groups (broad SMARTS) is 1. The van der Waals surface area contributed by atoms with Crippen molar-refractivity contribution < 1.29 is 23.1 Å². The molecule has 0 amide bonds. The molecule has 0 aliphatic rings. The van der Waals surface area contributed by atoms with Crippen LogP contribution in [0.25, 0.3) is 11.4 Å². The van der Waals surface area contributed by atoms with E-state index in [0.717, 1.165) is 16.8 Å². The first-order valence-electron chi connectivity index (χ1n) is 6.53. The summed E-state index contributed by atoms with van der Waals surface area (Å²) in [5, 5.41) is 19.8. The Balaban J connectivity index is 2.59. The Hall–Kier alpha value is -2.45. The summed E-state index contributed by atoms with van der Waals surface area (Å²) in [4.78, 5) is 11.4. The van der Waals surface area contributed by atoms with Gasteiger partial charge in [0.05, 0.1) is 5.56 Å². The van der Waals surface area contributed by atoms with Crippen molar-refractivity contribution in [3.8, 4) is 11.4 Å². The summed E-state index contributed by atoms with van der Waals surface area (Å²) in [5.74, 6) is -6.31. The highest BCUT2D eigenvalue weighted by atomic mass is 19.2. The van der Waals surface area contributed by atoms with Crippen molar-refractivity contribution in [2.75, 3.05) is 0 Å². The predicted octanol–water partition coefficient (Wildman–Crippen LogP) is 2.43. The van der Waals surface area contributed by atoms with Crippen molar-refractivity contribution in [1.29, 1.82) is 0 Å². The molecule has 9 heteroatoms. The molecule has 1 aromatic heterocycles. The van der Waals surface area contributed by atoms with E-state index >= 15 is 0 Å². The second-order valence-corrected chi connectivity index (χ2v) is 4.84. The molecule has 0 aliphatic heterocycles. The highest BCUT2D eigenvalue weighted by molar-refractivity contribution is 5.73. The Morgan fingerprint density at radius 2 is 2.00 bits per heavy atom. The molecule has 2 unspecified atom stereocenters. The summed E-state index contributed by atoms with van der Waals surface area (Å²) in [7, 11) is 0. The number of rotatable bonds is 5. The number of hydrogen-bond donors (Lipinski definition) is 1. The fourth-order valence-corrected chi connectivity index (χ4v) is 2.07. The maximum Gasteiger partial charge on any atom is 0.328 e. The van der Waals surface area contributed by atoms with E-state index < -0.39 is 35.0 Å². The van der Waals surface area contributed by atoms with Crippen molar-refractivity contribution in [2.24, 2.45) is 5.92 Å². The fourth-order valence-electron chi connectivity index (χ4n) is 2.07. The van der Waals surface area contributed by atoms with Crippen LogP contribution in [-0.4, -0.2) is 31.3 Å². The van der Waals surface area contributed by atoms with Crippen molar-refractivity contribution >= 4 is 5.97 Å². The third-order valence-electron chi connectivity index (χ3n) is 3.47. The van der Waals surface area contributed by atoms with Gasteiger partial charge in [-0.15, -0.1) is 5.10 Å². The van der Waals surface area contributed by atoms with E-state index in [4.69, 9.17) is 0 Å². The molecule has 1 heterocycles. The smallest absolute Gasteiger partial charge is 0.328 e. The van der Waals surface area contributed by atoms with Crippen LogP contribution < -0.4 is 0 Å². The maximum atomic E-state index is 13.9. The van der Waals surface area contributed by atoms with E-state index in [-0.39, 0.29) is 11.7 Å². The van der Waals surface area contributed by atoms with Crippen LogP contribution in [0.3, 0.4) is 0 Å². The standard InChI is InChI=1S/C13H13F3N4O2/c1-3-6(2)11(13(21)22)20-12(17-18-19-20)7-4-5-8(14)10(16)9(7)15/h4-6,11H,3H2,1-2H3,(H,21,22). The first-order chi connectivity index (χ1) is 10.4. The van der Waals surface area contributed by atoms with E-state index in [0.29, 0.717) is 6.42 Å². The number of aromatic nitrogens is 4. The minimum absolute atomic E-state index is 0.274. The molecule has 2 atom stereocenters. The largest absolute Gasteiger partial charge is 0.480 e. The van der Waals surface area contributed by atoms with Gasteiger partial charge in [0.15, 0.2) is 29.3 Å². The summed E-state index contributed by atoms with van der Waals surface area (Å²) in [6, 6.07) is 0.541. The summed E-state index contributed by atoms with van der Waals surface area (Å²) < 4.78 is 41.1. The lowest BCUT2D eigenvalue weighted by atomic mass is 9.99. The van der Waals surface area contributed by atoms with Gasteiger partial charge >= 0.3 is 5.97 Å². The second kappa shape index (κ2) is 6.12. The van der Waals surface area contributed by atoms with Crippen LogP contribution in [0, 0.1) is 23.4 Å². The zero-order chi connectivity index (χ0) is 16.4. The molecule has 0 saturated carbocycles. The molecule has 0 radical (unpaired) electrons. The van der Waals surface area contributed by atoms with Crippen LogP contribution in [0.1, 0.15) is 26.3 Å². The molecule has 6 nitrogen and oxygen atoms in total. The average molecular weight is 314 g/mol. The minimum atomic E-state index is -1.66. The molecular weight excluding hydrogens is 301 g/mol. The number of carbonyl (C=O) groups is 1. The van der Waals surface area contributed by atoms with Crippen LogP contribution in [0.15, 0.2) is 12.1 Å². The minimum Gasteiger partial charge on any atom is -0.480 e. The molecular formula is C13H13F3N4O2. The first-order valence-corrected chi connectivity index (χ1v) is 6.53. The van der Waals surface area contributed by atoms with Gasteiger partial charge in [-0.25, -0.2) is 22.6 Å². The maximum absolute atomic E-state index is 13.9. The molecule has 1 N–H and O–H groups in total. The van der Waals surface area contributed by atoms with Crippen molar-refractivity contribution in [3.05, 3.63) is 29.6 Å². The third-order valence-corrected chi connectivity index (χ3v) is 3.47. The monoisotopic (exact) mass is 314 g/mol. The Kier molecular flexibility index (Phi) is 4.43. The second-order valence-electron chi connectivity index (χ2n) is 4.84. The normalized spacial score (nSPS) is 13.9. The summed E-state index contributed by atoms with van der Waals surface area (Å²) in [6.45, 7) is 3.45. The van der Waals surface area contributed by atoms with Gasteiger partial charge in [0, 0.05) is 0 Å². The summed E-state index contributed by atoms with van der Waals surface area (Å²) in [5.41, 5.74) is -0.404. The Morgan fingerprint density at radius 1 is 1.32 bits per heavy atom. The average Bonchev–Trinajstić information content (AvgIpc) is 2.93. The number of halogens is 3. The molecule has 0 bridgehead atoms. The Bertz CT molecular complexity index is 705. The number of tetrazole rings is 1. The first kappa shape index (κ1) is 15.9. The van der Waals surface area contributed by atoms with E-state index in [1.807, 2.05) is 0 Å². The lowest BCUT2D eigenvalue weighted by Crippen LogP contribution is -2.27. The quantitative estimate of drug-likeness (QED) is 0.857. The summed E-state index contributed by atoms with van der Waals surface area (Å²) >= 11 is 0. The molecule has 118 valence electrons. The van der Waals surface area contributed by atoms with E-state index in [2.05, 4.69) is 15.5 Å². The molecule has 22 heavy (non-hydrogen) atoms. The Morgan fingerprint density at radius 3 is 2.59 bits per heavy atom. The number of nitrogens with zero attached hydrogens (tertiary/aromatic N) is 4. The lowest BCUT2D eigenvalue weighted by Gasteiger charge is -2.19. The van der Waals surface area contributed by atoms with Crippen LogP contribution in [-0.2, 0) is 4.79 Å². The van der Waals surface area contributed by atoms with E-state index in [1.54, 1.807) is 13.8 Å². The van der Waals surface area contributed by atoms with Crippen LogP contribution >= 0.6 is 0 Å². The van der Waals surface area contributed by atoms with Crippen LogP contribution in [0.5, 0.6) is 0 Å². The van der Waals surface area contributed by atoms with Gasteiger partial charge in [0.2, 0.25) is 0 Å². The molecule has 2 rings (SSSR count). The van der Waals surface area contributed by atoms with Gasteiger partial charge in [-0.2, -0.15) is 0 Å². The van der Waals surface area contributed by atoms with Crippen molar-refractivity contribution in [3.63, 3.8) is 0 Å². The van der Waals surface area contributed by atoms with Crippen LogP contribution in [0.4, 0.5) is 13.2 Å². The Labute approximate surface area is 123 Å². The SMILES string of the molecule is CCC(C)C(C(=O)O)n1nnnc1-c1ccc(F)c(F)c1F.